The van der Waals surface area contributed by atoms with E-state index in [1.54, 1.807) is 0 Å². The number of hydrogen-bond acceptors (Lipinski definition) is 5. The number of rotatable bonds is 9. The fraction of sp³-hybridized carbons (Fsp3) is 0.760. The zero-order valence-electron chi connectivity index (χ0n) is 18.6. The lowest BCUT2D eigenvalue weighted by Crippen LogP contribution is -2.38. The van der Waals surface area contributed by atoms with Gasteiger partial charge in [0, 0.05) is 32.0 Å². The Labute approximate surface area is 182 Å². The van der Waals surface area contributed by atoms with Gasteiger partial charge in [0.2, 0.25) is 0 Å². The predicted octanol–water partition coefficient (Wildman–Crippen LogP) is 2.64. The Morgan fingerprint density at radius 2 is 2.10 bits per heavy atom. The van der Waals surface area contributed by atoms with Crippen LogP contribution in [0.25, 0.3) is 0 Å². The summed E-state index contributed by atoms with van der Waals surface area (Å²) in [6.07, 6.45) is 9.08. The van der Waals surface area contributed by atoms with Crippen molar-refractivity contribution in [3.05, 3.63) is 23.8 Å². The second-order valence-electron chi connectivity index (χ2n) is 9.09. The largest absolute Gasteiger partial charge is 0.392 e. The van der Waals surface area contributed by atoms with E-state index in [1.807, 2.05) is 19.9 Å². The molecule has 0 radical (unpaired) electrons. The van der Waals surface area contributed by atoms with Crippen molar-refractivity contribution in [2.45, 2.75) is 51.7 Å². The smallest absolute Gasteiger partial charge is 0.0755 e. The molecule has 5 nitrogen and oxygen atoms in total. The van der Waals surface area contributed by atoms with Crippen LogP contribution in [0.2, 0.25) is 0 Å². The van der Waals surface area contributed by atoms with Crippen molar-refractivity contribution in [2.24, 2.45) is 23.7 Å². The van der Waals surface area contributed by atoms with E-state index in [4.69, 9.17) is 9.47 Å². The number of nitrogens with zero attached hydrogens (tertiary/aromatic N) is 1. The van der Waals surface area contributed by atoms with Crippen LogP contribution in [-0.2, 0) is 9.47 Å². The molecule has 3 rings (SSSR count). The molecule has 2 saturated carbocycles. The quantitative estimate of drug-likeness (QED) is 0.343. The Morgan fingerprint density at radius 3 is 2.87 bits per heavy atom. The molecule has 0 bridgehead atoms. The summed E-state index contributed by atoms with van der Waals surface area (Å²) < 4.78 is 11.2. The van der Waals surface area contributed by atoms with E-state index >= 15 is 0 Å². The van der Waals surface area contributed by atoms with Crippen molar-refractivity contribution in [2.75, 3.05) is 46.1 Å². The number of aliphatic hydroxyl groups is 2. The van der Waals surface area contributed by atoms with Crippen molar-refractivity contribution >= 4 is 0 Å². The zero-order chi connectivity index (χ0) is 21.3. The Kier molecular flexibility index (Phi) is 9.42. The molecule has 0 unspecified atom stereocenters. The normalized spacial score (nSPS) is 32.9. The van der Waals surface area contributed by atoms with Crippen LogP contribution in [0.5, 0.6) is 0 Å². The molecule has 6 atom stereocenters. The van der Waals surface area contributed by atoms with Crippen LogP contribution in [0.1, 0.15) is 39.5 Å². The molecule has 3 fully saturated rings. The first-order valence-corrected chi connectivity index (χ1v) is 11.6. The summed E-state index contributed by atoms with van der Waals surface area (Å²) in [6.45, 7) is 9.92. The molecule has 0 aromatic rings. The topological polar surface area (TPSA) is 62.2 Å². The summed E-state index contributed by atoms with van der Waals surface area (Å²) in [4.78, 5) is 2.39. The van der Waals surface area contributed by atoms with Gasteiger partial charge in [0.25, 0.3) is 0 Å². The lowest BCUT2D eigenvalue weighted by atomic mass is 9.89. The average molecular weight is 418 g/mol. The molecule has 0 spiro atoms. The fourth-order valence-corrected chi connectivity index (χ4v) is 5.03. The van der Waals surface area contributed by atoms with Crippen LogP contribution in [0.15, 0.2) is 23.8 Å². The van der Waals surface area contributed by atoms with Crippen LogP contribution in [-0.4, -0.2) is 73.4 Å². The number of hydrogen-bond donors (Lipinski definition) is 2. The summed E-state index contributed by atoms with van der Waals surface area (Å²) >= 11 is 0. The molecule has 1 saturated heterocycles. The summed E-state index contributed by atoms with van der Waals surface area (Å²) in [5, 5.41) is 20.9. The third-order valence-corrected chi connectivity index (χ3v) is 6.97. The second-order valence-corrected chi connectivity index (χ2v) is 9.09. The van der Waals surface area contributed by atoms with E-state index in [0.717, 1.165) is 58.7 Å². The van der Waals surface area contributed by atoms with Gasteiger partial charge in [-0.25, -0.2) is 0 Å². The molecule has 3 aliphatic rings. The Balaban J connectivity index is 1.42. The van der Waals surface area contributed by atoms with Gasteiger partial charge in [0.05, 0.1) is 38.6 Å². The highest BCUT2D eigenvalue weighted by atomic mass is 16.5. The SMILES string of the molecule is CC#CC[C@@H](C)[C@H](O)/C=C/[C@@H]1[C@H]2C/C(=C/COCCN3CCOCC3)C[C@H]2C[C@H]1O. The first kappa shape index (κ1) is 23.5. The van der Waals surface area contributed by atoms with Gasteiger partial charge >= 0.3 is 0 Å². The number of fused-ring (bicyclic) bond motifs is 1. The standard InChI is InChI=1S/C25H39NO4/c1-3-4-5-19(2)24(27)7-6-22-23-17-20(16-21(23)18-25(22)28)8-12-29-13-9-26-10-14-30-15-11-26/h6-8,19,21-25,27-28H,5,9-18H2,1-2H3/b7-6+,20-8+/t19-,21+,22-,23+,24-,25-/m1/s1. The third kappa shape index (κ3) is 6.67. The van der Waals surface area contributed by atoms with E-state index in [1.165, 1.54) is 5.57 Å². The lowest BCUT2D eigenvalue weighted by Gasteiger charge is -2.26. The monoisotopic (exact) mass is 417 g/mol. The summed E-state index contributed by atoms with van der Waals surface area (Å²) in [7, 11) is 0. The van der Waals surface area contributed by atoms with Crippen molar-refractivity contribution in [1.29, 1.82) is 0 Å². The number of ether oxygens (including phenoxy) is 2. The third-order valence-electron chi connectivity index (χ3n) is 6.97. The molecule has 0 aromatic heterocycles. The maximum atomic E-state index is 10.5. The molecule has 30 heavy (non-hydrogen) atoms. The van der Waals surface area contributed by atoms with Crippen molar-refractivity contribution < 1.29 is 19.7 Å². The number of allylic oxidation sites excluding steroid dienone is 1. The molecule has 2 N–H and O–H groups in total. The number of morpholine rings is 1. The second kappa shape index (κ2) is 12.0. The summed E-state index contributed by atoms with van der Waals surface area (Å²) in [6, 6.07) is 0. The molecule has 2 aliphatic carbocycles. The predicted molar refractivity (Wildman–Crippen MR) is 119 cm³/mol. The van der Waals surface area contributed by atoms with E-state index in [9.17, 15) is 10.2 Å². The van der Waals surface area contributed by atoms with Crippen LogP contribution >= 0.6 is 0 Å². The van der Waals surface area contributed by atoms with Crippen LogP contribution in [0, 0.1) is 35.5 Å². The van der Waals surface area contributed by atoms with E-state index < -0.39 is 6.10 Å². The minimum absolute atomic E-state index is 0.108. The maximum Gasteiger partial charge on any atom is 0.0755 e. The van der Waals surface area contributed by atoms with Gasteiger partial charge in [-0.15, -0.1) is 11.8 Å². The Hall–Kier alpha value is -1.16. The zero-order valence-corrected chi connectivity index (χ0v) is 18.6. The van der Waals surface area contributed by atoms with Crippen molar-refractivity contribution in [3.8, 4) is 11.8 Å². The van der Waals surface area contributed by atoms with Gasteiger partial charge in [-0.05, 0) is 43.9 Å². The van der Waals surface area contributed by atoms with Gasteiger partial charge in [-0.2, -0.15) is 0 Å². The average Bonchev–Trinajstić information content (AvgIpc) is 3.27. The van der Waals surface area contributed by atoms with Crippen molar-refractivity contribution in [1.82, 2.24) is 4.90 Å². The Morgan fingerprint density at radius 1 is 1.30 bits per heavy atom. The van der Waals surface area contributed by atoms with Crippen LogP contribution in [0.4, 0.5) is 0 Å². The first-order valence-electron chi connectivity index (χ1n) is 11.6. The van der Waals surface area contributed by atoms with E-state index in [-0.39, 0.29) is 17.9 Å². The fourth-order valence-electron chi connectivity index (χ4n) is 5.03. The first-order chi connectivity index (χ1) is 14.6. The maximum absolute atomic E-state index is 10.5. The highest BCUT2D eigenvalue weighted by molar-refractivity contribution is 5.18. The molecular weight excluding hydrogens is 378 g/mol. The van der Waals surface area contributed by atoms with Gasteiger partial charge < -0.3 is 19.7 Å². The highest BCUT2D eigenvalue weighted by Crippen LogP contribution is 2.50. The highest BCUT2D eigenvalue weighted by Gasteiger charge is 2.45. The van der Waals surface area contributed by atoms with Gasteiger partial charge in [0.1, 0.15) is 0 Å². The van der Waals surface area contributed by atoms with Crippen molar-refractivity contribution in [3.63, 3.8) is 0 Å². The number of aliphatic hydroxyl groups excluding tert-OH is 2. The van der Waals surface area contributed by atoms with Gasteiger partial charge in [0.15, 0.2) is 0 Å². The minimum Gasteiger partial charge on any atom is -0.392 e. The lowest BCUT2D eigenvalue weighted by molar-refractivity contribution is 0.0233. The minimum atomic E-state index is -0.506. The molecule has 5 heteroatoms. The summed E-state index contributed by atoms with van der Waals surface area (Å²) in [5.41, 5.74) is 1.47. The molecule has 1 aliphatic heterocycles. The summed E-state index contributed by atoms with van der Waals surface area (Å²) in [5.74, 6) is 7.20. The van der Waals surface area contributed by atoms with E-state index in [2.05, 4.69) is 28.9 Å². The van der Waals surface area contributed by atoms with Crippen LogP contribution in [0.3, 0.4) is 0 Å². The molecule has 1 heterocycles. The van der Waals surface area contributed by atoms with Gasteiger partial charge in [-0.3, -0.25) is 4.90 Å². The molecule has 0 amide bonds. The molecule has 168 valence electrons. The Bertz CT molecular complexity index is 643. The van der Waals surface area contributed by atoms with Crippen LogP contribution < -0.4 is 0 Å². The van der Waals surface area contributed by atoms with Gasteiger partial charge in [-0.1, -0.05) is 30.7 Å². The molecule has 0 aromatic carbocycles. The molecular formula is C25H39NO4. The van der Waals surface area contributed by atoms with E-state index in [0.29, 0.717) is 24.9 Å².